The number of nitrogens with zero attached hydrogens (tertiary/aromatic N) is 1. The molecule has 0 heterocycles. The number of hydrogen-bond acceptors (Lipinski definition) is 3. The van der Waals surface area contributed by atoms with Gasteiger partial charge in [-0.25, -0.2) is 4.79 Å². The summed E-state index contributed by atoms with van der Waals surface area (Å²) in [6.45, 7) is -1.11. The van der Waals surface area contributed by atoms with Crippen LogP contribution in [0.25, 0.3) is 0 Å². The fourth-order valence-corrected chi connectivity index (χ4v) is 2.55. The Morgan fingerprint density at radius 1 is 1.20 bits per heavy atom. The number of carboxylic acid groups (broad SMARTS) is 1. The highest BCUT2D eigenvalue weighted by Crippen LogP contribution is 2.30. The van der Waals surface area contributed by atoms with Crippen LogP contribution in [-0.2, 0) is 9.59 Å². The maximum Gasteiger partial charge on any atom is 0.323 e. The third kappa shape index (κ3) is 4.82. The van der Waals surface area contributed by atoms with E-state index >= 15 is 0 Å². The average Bonchev–Trinajstić information content (AvgIpc) is 2.31. The summed E-state index contributed by atoms with van der Waals surface area (Å²) in [4.78, 5) is 34.4. The van der Waals surface area contributed by atoms with E-state index in [1.54, 1.807) is 18.2 Å². The topological polar surface area (TPSA) is 113 Å². The number of aliphatic carboxylic acids is 1. The second kappa shape index (κ2) is 7.25. The van der Waals surface area contributed by atoms with Crippen molar-refractivity contribution in [3.63, 3.8) is 0 Å². The van der Waals surface area contributed by atoms with Crippen molar-refractivity contribution in [2.45, 2.75) is 0 Å². The minimum atomic E-state index is -1.24. The molecule has 0 spiro atoms. The van der Waals surface area contributed by atoms with Crippen molar-refractivity contribution in [1.82, 2.24) is 4.90 Å². The summed E-state index contributed by atoms with van der Waals surface area (Å²) in [5, 5.41) is 11.2. The number of halogens is 2. The van der Waals surface area contributed by atoms with Crippen LogP contribution < -0.4 is 11.1 Å². The Labute approximate surface area is 131 Å². The van der Waals surface area contributed by atoms with Crippen molar-refractivity contribution < 1.29 is 19.5 Å². The first-order valence-electron chi connectivity index (χ1n) is 5.31. The minimum Gasteiger partial charge on any atom is -0.480 e. The minimum absolute atomic E-state index is 0.428. The number of para-hydroxylation sites is 1. The molecule has 0 bridgehead atoms. The van der Waals surface area contributed by atoms with Crippen LogP contribution in [0.4, 0.5) is 10.5 Å². The molecule has 1 aromatic carbocycles. The van der Waals surface area contributed by atoms with Gasteiger partial charge in [-0.2, -0.15) is 0 Å². The second-order valence-corrected chi connectivity index (χ2v) is 5.45. The third-order valence-corrected chi connectivity index (χ3v) is 3.48. The molecular weight excluding hydrogens is 398 g/mol. The highest BCUT2D eigenvalue weighted by atomic mass is 79.9. The first-order chi connectivity index (χ1) is 9.31. The molecule has 0 fully saturated rings. The Morgan fingerprint density at radius 2 is 1.75 bits per heavy atom. The lowest BCUT2D eigenvalue weighted by Crippen LogP contribution is -2.43. The van der Waals surface area contributed by atoms with Crippen molar-refractivity contribution in [3.8, 4) is 0 Å². The molecule has 0 unspecified atom stereocenters. The monoisotopic (exact) mass is 407 g/mol. The van der Waals surface area contributed by atoms with Crippen LogP contribution in [-0.4, -0.2) is 41.0 Å². The van der Waals surface area contributed by atoms with Gasteiger partial charge in [-0.05, 0) is 44.0 Å². The molecule has 0 aliphatic carbocycles. The van der Waals surface area contributed by atoms with Gasteiger partial charge in [0.1, 0.15) is 13.1 Å². The number of urea groups is 1. The van der Waals surface area contributed by atoms with Gasteiger partial charge in [0.2, 0.25) is 5.91 Å². The zero-order valence-corrected chi connectivity index (χ0v) is 13.3. The SMILES string of the molecule is NC(=O)CN(CC(=O)O)C(=O)Nc1c(Br)cccc1Br. The third-order valence-electron chi connectivity index (χ3n) is 2.15. The summed E-state index contributed by atoms with van der Waals surface area (Å²) in [5.41, 5.74) is 5.42. The van der Waals surface area contributed by atoms with E-state index in [4.69, 9.17) is 10.8 Å². The summed E-state index contributed by atoms with van der Waals surface area (Å²) in [6.07, 6.45) is 0. The van der Waals surface area contributed by atoms with E-state index in [1.165, 1.54) is 0 Å². The molecule has 20 heavy (non-hydrogen) atoms. The van der Waals surface area contributed by atoms with Crippen LogP contribution in [0.1, 0.15) is 0 Å². The van der Waals surface area contributed by atoms with E-state index in [-0.39, 0.29) is 0 Å². The number of nitrogens with one attached hydrogen (secondary N) is 1. The standard InChI is InChI=1S/C11H11Br2N3O4/c12-6-2-1-3-7(13)10(6)15-11(20)16(4-8(14)17)5-9(18)19/h1-3H,4-5H2,(H2,14,17)(H,15,20)(H,18,19). The molecule has 3 amide bonds. The van der Waals surface area contributed by atoms with Crippen LogP contribution in [0.5, 0.6) is 0 Å². The van der Waals surface area contributed by atoms with Crippen molar-refractivity contribution >= 4 is 55.5 Å². The predicted molar refractivity (Wildman–Crippen MR) is 79.3 cm³/mol. The Morgan fingerprint density at radius 3 is 2.20 bits per heavy atom. The highest BCUT2D eigenvalue weighted by Gasteiger charge is 2.20. The number of hydrogen-bond donors (Lipinski definition) is 3. The maximum absolute atomic E-state index is 12.0. The number of carbonyl (C=O) groups is 3. The summed E-state index contributed by atoms with van der Waals surface area (Å²) < 4.78 is 1.21. The lowest BCUT2D eigenvalue weighted by atomic mass is 10.3. The molecular formula is C11H11Br2N3O4. The Kier molecular flexibility index (Phi) is 5.96. The smallest absolute Gasteiger partial charge is 0.323 e. The van der Waals surface area contributed by atoms with Gasteiger partial charge < -0.3 is 21.1 Å². The van der Waals surface area contributed by atoms with E-state index in [9.17, 15) is 14.4 Å². The molecule has 0 aromatic heterocycles. The van der Waals surface area contributed by atoms with Crippen molar-refractivity contribution in [2.75, 3.05) is 18.4 Å². The molecule has 1 aromatic rings. The van der Waals surface area contributed by atoms with Crippen LogP contribution >= 0.6 is 31.9 Å². The molecule has 0 saturated carbocycles. The van der Waals surface area contributed by atoms with Crippen LogP contribution in [0.15, 0.2) is 27.1 Å². The molecule has 7 nitrogen and oxygen atoms in total. The quantitative estimate of drug-likeness (QED) is 0.686. The van der Waals surface area contributed by atoms with Gasteiger partial charge in [0.15, 0.2) is 0 Å². The number of primary amides is 1. The number of benzene rings is 1. The van der Waals surface area contributed by atoms with Gasteiger partial charge in [0.05, 0.1) is 5.69 Å². The van der Waals surface area contributed by atoms with E-state index in [0.29, 0.717) is 14.6 Å². The van der Waals surface area contributed by atoms with E-state index < -0.39 is 31.0 Å². The van der Waals surface area contributed by atoms with Gasteiger partial charge in [0, 0.05) is 8.95 Å². The zero-order chi connectivity index (χ0) is 15.3. The van der Waals surface area contributed by atoms with Crippen LogP contribution in [0.3, 0.4) is 0 Å². The fourth-order valence-electron chi connectivity index (χ4n) is 1.35. The molecule has 0 aliphatic heterocycles. The maximum atomic E-state index is 12.0. The summed E-state index contributed by atoms with van der Waals surface area (Å²) in [6, 6.07) is 4.42. The Bertz CT molecular complexity index is 514. The van der Waals surface area contributed by atoms with Crippen molar-refractivity contribution in [1.29, 1.82) is 0 Å². The Balaban J connectivity index is 2.90. The second-order valence-electron chi connectivity index (χ2n) is 3.74. The average molecular weight is 409 g/mol. The van der Waals surface area contributed by atoms with Gasteiger partial charge in [-0.1, -0.05) is 6.07 Å². The molecule has 4 N–H and O–H groups in total. The van der Waals surface area contributed by atoms with Gasteiger partial charge in [-0.15, -0.1) is 0 Å². The van der Waals surface area contributed by atoms with Crippen LogP contribution in [0, 0.1) is 0 Å². The molecule has 1 rings (SSSR count). The van der Waals surface area contributed by atoms with Gasteiger partial charge in [0.25, 0.3) is 0 Å². The molecule has 0 radical (unpaired) electrons. The number of carbonyl (C=O) groups excluding carboxylic acids is 2. The fraction of sp³-hybridized carbons (Fsp3) is 0.182. The summed E-state index contributed by atoms with van der Waals surface area (Å²) in [5.74, 6) is -2.04. The largest absolute Gasteiger partial charge is 0.480 e. The normalized spacial score (nSPS) is 9.90. The first-order valence-corrected chi connectivity index (χ1v) is 6.90. The Hall–Kier alpha value is -1.61. The summed E-state index contributed by atoms with van der Waals surface area (Å²) >= 11 is 6.51. The molecule has 0 atom stereocenters. The first kappa shape index (κ1) is 16.4. The van der Waals surface area contributed by atoms with E-state index in [1.807, 2.05) is 0 Å². The molecule has 108 valence electrons. The van der Waals surface area contributed by atoms with Crippen molar-refractivity contribution in [2.24, 2.45) is 5.73 Å². The van der Waals surface area contributed by atoms with E-state index in [2.05, 4.69) is 37.2 Å². The number of rotatable bonds is 5. The molecule has 0 saturated heterocycles. The van der Waals surface area contributed by atoms with Gasteiger partial charge >= 0.3 is 12.0 Å². The van der Waals surface area contributed by atoms with E-state index in [0.717, 1.165) is 4.90 Å². The van der Waals surface area contributed by atoms with Gasteiger partial charge in [-0.3, -0.25) is 9.59 Å². The summed E-state index contributed by atoms with van der Waals surface area (Å²) in [7, 11) is 0. The number of amides is 3. The van der Waals surface area contributed by atoms with Crippen LogP contribution in [0.2, 0.25) is 0 Å². The number of carboxylic acids is 1. The lowest BCUT2D eigenvalue weighted by molar-refractivity contribution is -0.137. The zero-order valence-electron chi connectivity index (χ0n) is 10.1. The lowest BCUT2D eigenvalue weighted by Gasteiger charge is -2.20. The molecule has 0 aliphatic rings. The van der Waals surface area contributed by atoms with Crippen molar-refractivity contribution in [3.05, 3.63) is 27.1 Å². The molecule has 9 heteroatoms. The highest BCUT2D eigenvalue weighted by molar-refractivity contribution is 9.11. The number of anilines is 1. The number of nitrogens with two attached hydrogens (primary N) is 1. The predicted octanol–water partition coefficient (Wildman–Crippen LogP) is 1.62.